The van der Waals surface area contributed by atoms with Gasteiger partial charge in [-0.15, -0.1) is 5.10 Å². The summed E-state index contributed by atoms with van der Waals surface area (Å²) >= 11 is 0. The van der Waals surface area contributed by atoms with Gasteiger partial charge >= 0.3 is 0 Å². The molecule has 0 spiro atoms. The normalized spacial score (nSPS) is 17.4. The lowest BCUT2D eigenvalue weighted by Gasteiger charge is -2.33. The summed E-state index contributed by atoms with van der Waals surface area (Å²) in [5.74, 6) is 0.254. The molecule has 0 saturated carbocycles. The van der Waals surface area contributed by atoms with Crippen LogP contribution in [0.1, 0.15) is 35.2 Å². The molecule has 1 aliphatic rings. The highest BCUT2D eigenvalue weighted by Crippen LogP contribution is 2.23. The second-order valence-corrected chi connectivity index (χ2v) is 7.20. The van der Waals surface area contributed by atoms with Crippen LogP contribution in [0.2, 0.25) is 0 Å². The van der Waals surface area contributed by atoms with Gasteiger partial charge in [-0.3, -0.25) is 4.79 Å². The molecule has 27 heavy (non-hydrogen) atoms. The third-order valence-corrected chi connectivity index (χ3v) is 5.25. The SMILES string of the molecule is Cn1nnc2cc(C(=O)N3CCCC(CCc4ccc(F)cc4)C3)cnc21. The van der Waals surface area contributed by atoms with Gasteiger partial charge in [0.1, 0.15) is 11.3 Å². The van der Waals surface area contributed by atoms with Gasteiger partial charge in [0.05, 0.1) is 5.56 Å². The summed E-state index contributed by atoms with van der Waals surface area (Å²) in [4.78, 5) is 19.1. The van der Waals surface area contributed by atoms with Gasteiger partial charge in [-0.1, -0.05) is 17.3 Å². The highest BCUT2D eigenvalue weighted by Gasteiger charge is 2.25. The second-order valence-electron chi connectivity index (χ2n) is 7.20. The first kappa shape index (κ1) is 17.6. The Labute approximate surface area is 157 Å². The lowest BCUT2D eigenvalue weighted by Crippen LogP contribution is -2.40. The van der Waals surface area contributed by atoms with Gasteiger partial charge in [0.2, 0.25) is 0 Å². The lowest BCUT2D eigenvalue weighted by atomic mass is 9.91. The first-order valence-electron chi connectivity index (χ1n) is 9.29. The predicted octanol–water partition coefficient (Wildman–Crippen LogP) is 2.99. The van der Waals surface area contributed by atoms with E-state index in [0.717, 1.165) is 44.3 Å². The van der Waals surface area contributed by atoms with Crippen LogP contribution in [-0.4, -0.2) is 43.9 Å². The van der Waals surface area contributed by atoms with Gasteiger partial charge < -0.3 is 4.90 Å². The minimum atomic E-state index is -0.207. The Morgan fingerprint density at radius 2 is 2.11 bits per heavy atom. The smallest absolute Gasteiger partial charge is 0.255 e. The highest BCUT2D eigenvalue weighted by molar-refractivity contribution is 5.96. The van der Waals surface area contributed by atoms with Crippen molar-refractivity contribution in [2.75, 3.05) is 13.1 Å². The van der Waals surface area contributed by atoms with E-state index in [0.29, 0.717) is 22.6 Å². The Kier molecular flexibility index (Phi) is 4.83. The summed E-state index contributed by atoms with van der Waals surface area (Å²) < 4.78 is 14.6. The molecule has 1 amide bonds. The van der Waals surface area contributed by atoms with Crippen molar-refractivity contribution in [1.82, 2.24) is 24.9 Å². The zero-order valence-corrected chi connectivity index (χ0v) is 15.3. The third kappa shape index (κ3) is 3.82. The molecule has 4 rings (SSSR count). The molecular formula is C20H22FN5O. The largest absolute Gasteiger partial charge is 0.338 e. The van der Waals surface area contributed by atoms with Gasteiger partial charge in [-0.05, 0) is 55.4 Å². The lowest BCUT2D eigenvalue weighted by molar-refractivity contribution is 0.0668. The summed E-state index contributed by atoms with van der Waals surface area (Å²) in [6.45, 7) is 1.52. The molecule has 1 saturated heterocycles. The Morgan fingerprint density at radius 3 is 2.93 bits per heavy atom. The maximum absolute atomic E-state index is 13.0. The van der Waals surface area contributed by atoms with E-state index in [2.05, 4.69) is 15.3 Å². The predicted molar refractivity (Wildman–Crippen MR) is 99.7 cm³/mol. The molecule has 1 atom stereocenters. The van der Waals surface area contributed by atoms with Gasteiger partial charge in [0.15, 0.2) is 5.65 Å². The number of nitrogens with zero attached hydrogens (tertiary/aromatic N) is 5. The standard InChI is InChI=1S/C20H22FN5O/c1-25-19-18(23-24-25)11-16(12-22-19)20(27)26-10-2-3-15(13-26)5-4-14-6-8-17(21)9-7-14/h6-9,11-12,15H,2-5,10,13H2,1H3. The minimum absolute atomic E-state index is 0.00142. The van der Waals surface area contributed by atoms with E-state index in [1.54, 1.807) is 24.0 Å². The molecule has 7 heteroatoms. The fourth-order valence-corrected chi connectivity index (χ4v) is 3.73. The van der Waals surface area contributed by atoms with E-state index in [4.69, 9.17) is 0 Å². The van der Waals surface area contributed by atoms with Crippen LogP contribution in [0.4, 0.5) is 4.39 Å². The Bertz CT molecular complexity index is 953. The van der Waals surface area contributed by atoms with Crippen molar-refractivity contribution in [3.05, 3.63) is 53.5 Å². The quantitative estimate of drug-likeness (QED) is 0.711. The molecule has 1 fully saturated rings. The molecule has 2 aromatic heterocycles. The molecule has 140 valence electrons. The molecule has 0 radical (unpaired) electrons. The Morgan fingerprint density at radius 1 is 1.30 bits per heavy atom. The van der Waals surface area contributed by atoms with Crippen molar-refractivity contribution in [2.24, 2.45) is 13.0 Å². The molecule has 0 bridgehead atoms. The van der Waals surface area contributed by atoms with Crippen molar-refractivity contribution >= 4 is 17.1 Å². The first-order chi connectivity index (χ1) is 13.1. The number of carbonyl (C=O) groups excluding carboxylic acids is 1. The third-order valence-electron chi connectivity index (χ3n) is 5.25. The fourth-order valence-electron chi connectivity index (χ4n) is 3.73. The molecule has 1 unspecified atom stereocenters. The van der Waals surface area contributed by atoms with Crippen molar-refractivity contribution in [3.8, 4) is 0 Å². The molecule has 3 aromatic rings. The van der Waals surface area contributed by atoms with Crippen molar-refractivity contribution in [3.63, 3.8) is 0 Å². The van der Waals surface area contributed by atoms with Crippen LogP contribution >= 0.6 is 0 Å². The molecular weight excluding hydrogens is 345 g/mol. The topological polar surface area (TPSA) is 63.9 Å². The maximum Gasteiger partial charge on any atom is 0.255 e. The molecule has 1 aromatic carbocycles. The number of fused-ring (bicyclic) bond motifs is 1. The molecule has 3 heterocycles. The number of likely N-dealkylation sites (tertiary alicyclic amines) is 1. The maximum atomic E-state index is 13.0. The second kappa shape index (κ2) is 7.42. The average molecular weight is 367 g/mol. The van der Waals surface area contributed by atoms with Crippen LogP contribution in [0.25, 0.3) is 11.2 Å². The number of amides is 1. The number of carbonyl (C=O) groups is 1. The van der Waals surface area contributed by atoms with Crippen LogP contribution in [-0.2, 0) is 13.5 Å². The summed E-state index contributed by atoms with van der Waals surface area (Å²) in [7, 11) is 1.78. The zero-order valence-electron chi connectivity index (χ0n) is 15.3. The number of aromatic nitrogens is 4. The monoisotopic (exact) mass is 367 g/mol. The summed E-state index contributed by atoms with van der Waals surface area (Å²) in [6, 6.07) is 8.44. The number of aryl methyl sites for hydroxylation is 2. The number of hydrogen-bond acceptors (Lipinski definition) is 4. The van der Waals surface area contributed by atoms with Crippen LogP contribution in [0, 0.1) is 11.7 Å². The van der Waals surface area contributed by atoms with E-state index in [1.807, 2.05) is 17.0 Å². The van der Waals surface area contributed by atoms with E-state index >= 15 is 0 Å². The van der Waals surface area contributed by atoms with Crippen LogP contribution < -0.4 is 0 Å². The summed E-state index contributed by atoms with van der Waals surface area (Å²) in [5, 5.41) is 7.98. The van der Waals surface area contributed by atoms with Gasteiger partial charge in [0.25, 0.3) is 5.91 Å². The van der Waals surface area contributed by atoms with E-state index in [1.165, 1.54) is 12.1 Å². The molecule has 6 nitrogen and oxygen atoms in total. The van der Waals surface area contributed by atoms with Gasteiger partial charge in [-0.2, -0.15) is 0 Å². The Balaban J connectivity index is 1.40. The van der Waals surface area contributed by atoms with E-state index in [9.17, 15) is 9.18 Å². The average Bonchev–Trinajstić information content (AvgIpc) is 3.07. The number of piperidine rings is 1. The van der Waals surface area contributed by atoms with E-state index < -0.39 is 0 Å². The van der Waals surface area contributed by atoms with Crippen LogP contribution in [0.15, 0.2) is 36.5 Å². The summed E-state index contributed by atoms with van der Waals surface area (Å²) in [6.07, 6.45) is 5.63. The number of pyridine rings is 1. The number of rotatable bonds is 4. The van der Waals surface area contributed by atoms with Crippen molar-refractivity contribution in [1.29, 1.82) is 0 Å². The first-order valence-corrected chi connectivity index (χ1v) is 9.29. The summed E-state index contributed by atoms with van der Waals surface area (Å²) in [5.41, 5.74) is 3.00. The number of halogens is 1. The highest BCUT2D eigenvalue weighted by atomic mass is 19.1. The number of benzene rings is 1. The van der Waals surface area contributed by atoms with E-state index in [-0.39, 0.29) is 11.7 Å². The van der Waals surface area contributed by atoms with Crippen molar-refractivity contribution < 1.29 is 9.18 Å². The van der Waals surface area contributed by atoms with Crippen LogP contribution in [0.3, 0.4) is 0 Å². The zero-order chi connectivity index (χ0) is 18.8. The van der Waals surface area contributed by atoms with Crippen molar-refractivity contribution in [2.45, 2.75) is 25.7 Å². The number of hydrogen-bond donors (Lipinski definition) is 0. The van der Waals surface area contributed by atoms with Gasteiger partial charge in [0, 0.05) is 26.3 Å². The molecule has 0 aliphatic carbocycles. The molecule has 0 N–H and O–H groups in total. The molecule has 1 aliphatic heterocycles. The fraction of sp³-hybridized carbons (Fsp3) is 0.400. The Hall–Kier alpha value is -2.83. The van der Waals surface area contributed by atoms with Crippen LogP contribution in [0.5, 0.6) is 0 Å². The van der Waals surface area contributed by atoms with Gasteiger partial charge in [-0.25, -0.2) is 14.1 Å². The minimum Gasteiger partial charge on any atom is -0.338 e.